The van der Waals surface area contributed by atoms with Crippen molar-refractivity contribution in [1.82, 2.24) is 10.6 Å². The molecule has 2 amide bonds. The molecule has 1 aromatic carbocycles. The van der Waals surface area contributed by atoms with Gasteiger partial charge >= 0.3 is 6.03 Å². The van der Waals surface area contributed by atoms with Gasteiger partial charge in [0.05, 0.1) is 11.7 Å². The maximum atomic E-state index is 12.0. The third-order valence-electron chi connectivity index (χ3n) is 4.52. The summed E-state index contributed by atoms with van der Waals surface area (Å²) in [4.78, 5) is 12.0. The van der Waals surface area contributed by atoms with E-state index in [1.54, 1.807) is 6.92 Å². The van der Waals surface area contributed by atoms with Gasteiger partial charge in [0.15, 0.2) is 0 Å². The average Bonchev–Trinajstić information content (AvgIpc) is 2.97. The van der Waals surface area contributed by atoms with Crippen molar-refractivity contribution < 1.29 is 15.0 Å². The van der Waals surface area contributed by atoms with Crippen LogP contribution >= 0.6 is 0 Å². The first-order valence-corrected chi connectivity index (χ1v) is 8.46. The average molecular weight is 320 g/mol. The first kappa shape index (κ1) is 17.8. The topological polar surface area (TPSA) is 81.6 Å². The predicted octanol–water partition coefficient (Wildman–Crippen LogP) is 2.15. The summed E-state index contributed by atoms with van der Waals surface area (Å²) in [5.74, 6) is 0.0662. The fourth-order valence-corrected chi connectivity index (χ4v) is 3.21. The fraction of sp³-hybridized carbons (Fsp3) is 0.611. The number of aliphatic hydroxyl groups excluding tert-OH is 1. The van der Waals surface area contributed by atoms with Crippen LogP contribution < -0.4 is 10.6 Å². The summed E-state index contributed by atoms with van der Waals surface area (Å²) in [6.45, 7) is 2.51. The maximum absolute atomic E-state index is 12.0. The van der Waals surface area contributed by atoms with Gasteiger partial charge in [-0.1, -0.05) is 43.2 Å². The zero-order valence-electron chi connectivity index (χ0n) is 13.8. The van der Waals surface area contributed by atoms with Gasteiger partial charge in [-0.25, -0.2) is 4.79 Å². The second kappa shape index (κ2) is 8.31. The molecule has 1 aliphatic rings. The Morgan fingerprint density at radius 3 is 2.48 bits per heavy atom. The van der Waals surface area contributed by atoms with Gasteiger partial charge in [-0.2, -0.15) is 0 Å². The number of hydrogen-bond donors (Lipinski definition) is 4. The summed E-state index contributed by atoms with van der Waals surface area (Å²) < 4.78 is 0. The summed E-state index contributed by atoms with van der Waals surface area (Å²) in [6.07, 6.45) is 3.71. The van der Waals surface area contributed by atoms with Gasteiger partial charge < -0.3 is 20.8 Å². The minimum atomic E-state index is -0.740. The number of nitrogens with one attached hydrogen (secondary N) is 2. The fourth-order valence-electron chi connectivity index (χ4n) is 3.21. The van der Waals surface area contributed by atoms with E-state index >= 15 is 0 Å². The molecule has 1 aromatic rings. The van der Waals surface area contributed by atoms with Crippen molar-refractivity contribution in [3.8, 4) is 0 Å². The van der Waals surface area contributed by atoms with Crippen molar-refractivity contribution in [1.29, 1.82) is 0 Å². The predicted molar refractivity (Wildman–Crippen MR) is 90.3 cm³/mol. The van der Waals surface area contributed by atoms with Gasteiger partial charge in [-0.15, -0.1) is 0 Å². The van der Waals surface area contributed by atoms with Crippen molar-refractivity contribution in [3.63, 3.8) is 0 Å². The van der Waals surface area contributed by atoms with Gasteiger partial charge in [-0.3, -0.25) is 0 Å². The van der Waals surface area contributed by atoms with E-state index in [0.717, 1.165) is 31.2 Å². The molecule has 2 unspecified atom stereocenters. The van der Waals surface area contributed by atoms with E-state index in [9.17, 15) is 15.0 Å². The van der Waals surface area contributed by atoms with Gasteiger partial charge in [-0.05, 0) is 31.7 Å². The highest BCUT2D eigenvalue weighted by Crippen LogP contribution is 2.28. The van der Waals surface area contributed by atoms with E-state index in [1.807, 2.05) is 30.3 Å². The Morgan fingerprint density at radius 1 is 1.22 bits per heavy atom. The second-order valence-corrected chi connectivity index (χ2v) is 6.69. The van der Waals surface area contributed by atoms with Crippen LogP contribution in [0.4, 0.5) is 4.79 Å². The monoisotopic (exact) mass is 320 g/mol. The molecule has 0 heterocycles. The Labute approximate surface area is 138 Å². The van der Waals surface area contributed by atoms with Gasteiger partial charge in [0.2, 0.25) is 0 Å². The molecule has 23 heavy (non-hydrogen) atoms. The van der Waals surface area contributed by atoms with Crippen LogP contribution in [0.25, 0.3) is 0 Å². The van der Waals surface area contributed by atoms with Crippen LogP contribution in [0.2, 0.25) is 0 Å². The Balaban J connectivity index is 1.81. The zero-order valence-corrected chi connectivity index (χ0v) is 13.8. The molecule has 0 bridgehead atoms. The molecular weight excluding hydrogens is 292 g/mol. The Kier molecular flexibility index (Phi) is 6.42. The molecule has 1 saturated carbocycles. The smallest absolute Gasteiger partial charge is 0.314 e. The molecule has 1 fully saturated rings. The van der Waals surface area contributed by atoms with E-state index in [0.29, 0.717) is 19.5 Å². The molecule has 0 radical (unpaired) electrons. The number of amides is 2. The number of hydrogen-bond acceptors (Lipinski definition) is 3. The lowest BCUT2D eigenvalue weighted by Gasteiger charge is -2.23. The van der Waals surface area contributed by atoms with Crippen LogP contribution in [0.1, 0.15) is 50.5 Å². The summed E-state index contributed by atoms with van der Waals surface area (Å²) in [6, 6.07) is 9.62. The minimum absolute atomic E-state index is 0.0662. The summed E-state index contributed by atoms with van der Waals surface area (Å²) in [7, 11) is 0. The summed E-state index contributed by atoms with van der Waals surface area (Å²) in [5.41, 5.74) is 0.360. The van der Waals surface area contributed by atoms with Crippen molar-refractivity contribution in [3.05, 3.63) is 35.9 Å². The molecule has 0 aliphatic heterocycles. The van der Waals surface area contributed by atoms with Crippen LogP contribution in [0.5, 0.6) is 0 Å². The van der Waals surface area contributed by atoms with Crippen LogP contribution in [-0.2, 0) is 0 Å². The molecule has 5 nitrogen and oxygen atoms in total. The lowest BCUT2D eigenvalue weighted by molar-refractivity contribution is 0.0501. The van der Waals surface area contributed by atoms with Gasteiger partial charge in [0.1, 0.15) is 0 Å². The molecule has 4 N–H and O–H groups in total. The summed E-state index contributed by atoms with van der Waals surface area (Å²) in [5, 5.41) is 25.5. The molecule has 0 saturated heterocycles. The van der Waals surface area contributed by atoms with Gasteiger partial charge in [0, 0.05) is 19.0 Å². The van der Waals surface area contributed by atoms with Crippen molar-refractivity contribution >= 4 is 6.03 Å². The normalized spacial score (nSPS) is 19.1. The highest BCUT2D eigenvalue weighted by Gasteiger charge is 2.31. The van der Waals surface area contributed by atoms with Crippen molar-refractivity contribution in [2.24, 2.45) is 0 Å². The largest absolute Gasteiger partial charge is 0.393 e. The number of rotatable bonds is 7. The van der Waals surface area contributed by atoms with E-state index in [1.165, 1.54) is 0 Å². The van der Waals surface area contributed by atoms with Crippen molar-refractivity contribution in [2.75, 3.05) is 13.1 Å². The molecule has 1 aliphatic carbocycles. The number of benzene rings is 1. The number of urea groups is 1. The maximum Gasteiger partial charge on any atom is 0.314 e. The van der Waals surface area contributed by atoms with Crippen molar-refractivity contribution in [2.45, 2.75) is 56.7 Å². The van der Waals surface area contributed by atoms with Crippen LogP contribution in [0, 0.1) is 0 Å². The third-order valence-corrected chi connectivity index (χ3v) is 4.52. The standard InChI is InChI=1S/C18H28N2O3/c1-14(21)11-16(15-7-3-2-4-8-15)12-19-17(22)20-13-18(23)9-5-6-10-18/h2-4,7-8,14,16,21,23H,5-6,9-13H2,1H3,(H2,19,20,22). The zero-order chi connectivity index (χ0) is 16.7. The first-order chi connectivity index (χ1) is 11.0. The third kappa shape index (κ3) is 5.84. The van der Waals surface area contributed by atoms with E-state index in [2.05, 4.69) is 10.6 Å². The van der Waals surface area contributed by atoms with Crippen LogP contribution in [-0.4, -0.2) is 41.0 Å². The van der Waals surface area contributed by atoms with E-state index in [4.69, 9.17) is 0 Å². The first-order valence-electron chi connectivity index (χ1n) is 8.46. The SMILES string of the molecule is CC(O)CC(CNC(=O)NCC1(O)CCCC1)c1ccccc1. The highest BCUT2D eigenvalue weighted by atomic mass is 16.3. The lowest BCUT2D eigenvalue weighted by atomic mass is 9.93. The molecule has 2 atom stereocenters. The van der Waals surface area contributed by atoms with Gasteiger partial charge in [0.25, 0.3) is 0 Å². The van der Waals surface area contributed by atoms with E-state index < -0.39 is 11.7 Å². The Hall–Kier alpha value is -1.59. The lowest BCUT2D eigenvalue weighted by Crippen LogP contribution is -2.45. The minimum Gasteiger partial charge on any atom is -0.393 e. The molecule has 0 spiro atoms. The number of carbonyl (C=O) groups is 1. The van der Waals surface area contributed by atoms with Crippen LogP contribution in [0.3, 0.4) is 0 Å². The Bertz CT molecular complexity index is 484. The Morgan fingerprint density at radius 2 is 1.87 bits per heavy atom. The molecule has 2 rings (SSSR count). The summed E-state index contributed by atoms with van der Waals surface area (Å²) >= 11 is 0. The number of aliphatic hydroxyl groups is 2. The second-order valence-electron chi connectivity index (χ2n) is 6.69. The van der Waals surface area contributed by atoms with Crippen LogP contribution in [0.15, 0.2) is 30.3 Å². The molecule has 0 aromatic heterocycles. The van der Waals surface area contributed by atoms with E-state index in [-0.39, 0.29) is 11.9 Å². The number of carbonyl (C=O) groups excluding carboxylic acids is 1. The molecule has 128 valence electrons. The quantitative estimate of drug-likeness (QED) is 0.621. The molecular formula is C18H28N2O3. The molecule has 5 heteroatoms. The highest BCUT2D eigenvalue weighted by molar-refractivity contribution is 5.74.